The highest BCUT2D eigenvalue weighted by molar-refractivity contribution is 5.25. The summed E-state index contributed by atoms with van der Waals surface area (Å²) in [6, 6.07) is 0. The molecule has 2 rings (SSSR count). The van der Waals surface area contributed by atoms with Gasteiger partial charge in [-0.1, -0.05) is 25.5 Å². The smallest absolute Gasteiger partial charge is 0.0615 e. The number of hydrogen-bond donors (Lipinski definition) is 1. The van der Waals surface area contributed by atoms with E-state index in [4.69, 9.17) is 5.11 Å². The van der Waals surface area contributed by atoms with Gasteiger partial charge < -0.3 is 5.11 Å². The molecule has 2 unspecified atom stereocenters. The van der Waals surface area contributed by atoms with Gasteiger partial charge >= 0.3 is 0 Å². The Labute approximate surface area is 74.5 Å². The second-order valence-electron chi connectivity index (χ2n) is 4.77. The molecule has 68 valence electrons. The first-order valence-corrected chi connectivity index (χ1v) is 4.97. The molecule has 1 nitrogen and oxygen atoms in total. The van der Waals surface area contributed by atoms with Gasteiger partial charge in [0.1, 0.15) is 0 Å². The summed E-state index contributed by atoms with van der Waals surface area (Å²) in [4.78, 5) is 0. The van der Waals surface area contributed by atoms with Crippen molar-refractivity contribution in [2.24, 2.45) is 17.3 Å². The van der Waals surface area contributed by atoms with Gasteiger partial charge in [0, 0.05) is 0 Å². The monoisotopic (exact) mass is 166 g/mol. The molecule has 0 radical (unpaired) electrons. The molecule has 2 bridgehead atoms. The van der Waals surface area contributed by atoms with Gasteiger partial charge in [0.25, 0.3) is 0 Å². The lowest BCUT2D eigenvalue weighted by Gasteiger charge is -2.32. The second kappa shape index (κ2) is 2.59. The quantitative estimate of drug-likeness (QED) is 0.593. The normalized spacial score (nSPS) is 41.1. The molecule has 2 aliphatic carbocycles. The van der Waals surface area contributed by atoms with Gasteiger partial charge in [0.2, 0.25) is 0 Å². The molecule has 1 heteroatoms. The summed E-state index contributed by atoms with van der Waals surface area (Å²) >= 11 is 0. The van der Waals surface area contributed by atoms with Crippen molar-refractivity contribution >= 4 is 0 Å². The minimum atomic E-state index is 0.224. The van der Waals surface area contributed by atoms with E-state index >= 15 is 0 Å². The van der Waals surface area contributed by atoms with E-state index in [-0.39, 0.29) is 6.61 Å². The Morgan fingerprint density at radius 2 is 2.25 bits per heavy atom. The zero-order valence-corrected chi connectivity index (χ0v) is 8.01. The zero-order chi connectivity index (χ0) is 8.77. The fraction of sp³-hybridized carbons (Fsp3) is 0.818. The Bertz CT molecular complexity index is 215. The predicted octanol–water partition coefficient (Wildman–Crippen LogP) is 2.36. The lowest BCUT2D eigenvalue weighted by atomic mass is 9.73. The largest absolute Gasteiger partial charge is 0.392 e. The highest BCUT2D eigenvalue weighted by atomic mass is 16.2. The summed E-state index contributed by atoms with van der Waals surface area (Å²) in [5.74, 6) is 1.69. The van der Waals surface area contributed by atoms with Gasteiger partial charge in [-0.15, -0.1) is 0 Å². The third-order valence-electron chi connectivity index (χ3n) is 3.95. The molecule has 0 aliphatic heterocycles. The molecular formula is C11H18O. The lowest BCUT2D eigenvalue weighted by Crippen LogP contribution is -2.23. The van der Waals surface area contributed by atoms with Gasteiger partial charge in [0.05, 0.1) is 6.61 Å². The van der Waals surface area contributed by atoms with E-state index < -0.39 is 0 Å². The Kier molecular flexibility index (Phi) is 1.80. The third kappa shape index (κ3) is 0.957. The maximum Gasteiger partial charge on any atom is 0.0615 e. The van der Waals surface area contributed by atoms with E-state index in [9.17, 15) is 0 Å². The van der Waals surface area contributed by atoms with Crippen LogP contribution < -0.4 is 0 Å². The number of fused-ring (bicyclic) bond motifs is 2. The van der Waals surface area contributed by atoms with Gasteiger partial charge in [-0.25, -0.2) is 0 Å². The predicted molar refractivity (Wildman–Crippen MR) is 49.8 cm³/mol. The molecule has 0 amide bonds. The molecule has 0 aromatic heterocycles. The number of aliphatic hydroxyl groups is 1. The Morgan fingerprint density at radius 1 is 1.50 bits per heavy atom. The first kappa shape index (κ1) is 8.31. The summed E-state index contributed by atoms with van der Waals surface area (Å²) in [5, 5.41) is 8.91. The van der Waals surface area contributed by atoms with Crippen LogP contribution in [0.1, 0.15) is 33.1 Å². The van der Waals surface area contributed by atoms with Crippen LogP contribution in [0.25, 0.3) is 0 Å². The van der Waals surface area contributed by atoms with Crippen LogP contribution in [-0.2, 0) is 0 Å². The van der Waals surface area contributed by atoms with Gasteiger partial charge in [0.15, 0.2) is 0 Å². The summed E-state index contributed by atoms with van der Waals surface area (Å²) in [6.07, 6.45) is 6.18. The standard InChI is InChI=1S/C11H18O/c1-11(2)9-4-3-8(7-9)10(11)5-6-12/h5,8-9,12H,3-4,6-7H2,1-2H3/b10-5+. The van der Waals surface area contributed by atoms with Gasteiger partial charge in [-0.05, 0) is 36.5 Å². The molecule has 0 spiro atoms. The molecule has 0 aromatic carbocycles. The molecular weight excluding hydrogens is 148 g/mol. The molecule has 0 saturated heterocycles. The van der Waals surface area contributed by atoms with Crippen LogP contribution in [0.4, 0.5) is 0 Å². The molecule has 2 aliphatic rings. The molecule has 2 atom stereocenters. The first-order valence-electron chi connectivity index (χ1n) is 4.97. The van der Waals surface area contributed by atoms with Gasteiger partial charge in [-0.3, -0.25) is 0 Å². The highest BCUT2D eigenvalue weighted by Crippen LogP contribution is 2.58. The Morgan fingerprint density at radius 3 is 2.75 bits per heavy atom. The molecule has 12 heavy (non-hydrogen) atoms. The van der Waals surface area contributed by atoms with Crippen LogP contribution in [0.3, 0.4) is 0 Å². The van der Waals surface area contributed by atoms with Crippen molar-refractivity contribution in [1.82, 2.24) is 0 Å². The first-order chi connectivity index (χ1) is 5.66. The highest BCUT2D eigenvalue weighted by Gasteiger charge is 2.48. The van der Waals surface area contributed by atoms with Crippen molar-refractivity contribution in [3.05, 3.63) is 11.6 Å². The SMILES string of the molecule is CC1(C)/C(=C/CO)C2CCC1C2. The zero-order valence-electron chi connectivity index (χ0n) is 8.01. The number of allylic oxidation sites excluding steroid dienone is 1. The van der Waals surface area contributed by atoms with E-state index in [1.807, 2.05) is 6.08 Å². The van der Waals surface area contributed by atoms with E-state index in [0.29, 0.717) is 5.41 Å². The molecule has 1 N–H and O–H groups in total. The lowest BCUT2D eigenvalue weighted by molar-refractivity contribution is 0.280. The number of aliphatic hydroxyl groups excluding tert-OH is 1. The third-order valence-corrected chi connectivity index (χ3v) is 3.95. The minimum absolute atomic E-state index is 0.224. The fourth-order valence-corrected chi connectivity index (χ4v) is 3.21. The maximum atomic E-state index is 8.91. The van der Waals surface area contributed by atoms with Crippen molar-refractivity contribution in [2.75, 3.05) is 6.61 Å². The average Bonchev–Trinajstić information content (AvgIpc) is 2.53. The fourth-order valence-electron chi connectivity index (χ4n) is 3.21. The van der Waals surface area contributed by atoms with Crippen molar-refractivity contribution in [1.29, 1.82) is 0 Å². The van der Waals surface area contributed by atoms with Crippen molar-refractivity contribution < 1.29 is 5.11 Å². The molecule has 0 aromatic rings. The van der Waals surface area contributed by atoms with Crippen LogP contribution >= 0.6 is 0 Å². The van der Waals surface area contributed by atoms with Crippen molar-refractivity contribution in [3.8, 4) is 0 Å². The minimum Gasteiger partial charge on any atom is -0.392 e. The van der Waals surface area contributed by atoms with Crippen LogP contribution in [-0.4, -0.2) is 11.7 Å². The average molecular weight is 166 g/mol. The van der Waals surface area contributed by atoms with Crippen LogP contribution in [0.5, 0.6) is 0 Å². The Hall–Kier alpha value is -0.300. The summed E-state index contributed by atoms with van der Waals surface area (Å²) in [6.45, 7) is 4.89. The number of rotatable bonds is 1. The van der Waals surface area contributed by atoms with Crippen molar-refractivity contribution in [2.45, 2.75) is 33.1 Å². The van der Waals surface area contributed by atoms with E-state index in [2.05, 4.69) is 13.8 Å². The topological polar surface area (TPSA) is 20.2 Å². The summed E-state index contributed by atoms with van der Waals surface area (Å²) in [5.41, 5.74) is 1.91. The molecule has 2 saturated carbocycles. The van der Waals surface area contributed by atoms with Crippen LogP contribution in [0.15, 0.2) is 11.6 Å². The van der Waals surface area contributed by atoms with Crippen molar-refractivity contribution in [3.63, 3.8) is 0 Å². The van der Waals surface area contributed by atoms with E-state index in [0.717, 1.165) is 11.8 Å². The molecule has 0 heterocycles. The van der Waals surface area contributed by atoms with Crippen LogP contribution in [0, 0.1) is 17.3 Å². The molecule has 2 fully saturated rings. The van der Waals surface area contributed by atoms with Crippen LogP contribution in [0.2, 0.25) is 0 Å². The summed E-state index contributed by atoms with van der Waals surface area (Å²) < 4.78 is 0. The van der Waals surface area contributed by atoms with E-state index in [1.54, 1.807) is 0 Å². The Balaban J connectivity index is 2.29. The summed E-state index contributed by atoms with van der Waals surface area (Å²) in [7, 11) is 0. The van der Waals surface area contributed by atoms with Gasteiger partial charge in [-0.2, -0.15) is 0 Å². The number of hydrogen-bond acceptors (Lipinski definition) is 1. The maximum absolute atomic E-state index is 8.91. The second-order valence-corrected chi connectivity index (χ2v) is 4.77. The van der Waals surface area contributed by atoms with E-state index in [1.165, 1.54) is 24.8 Å².